The normalized spacial score (nSPS) is 11.8. The molecule has 1 N–H and O–H groups in total. The molecule has 4 aromatic rings. The molecule has 4 rings (SSSR count). The van der Waals surface area contributed by atoms with Gasteiger partial charge in [-0.2, -0.15) is 4.68 Å². The summed E-state index contributed by atoms with van der Waals surface area (Å²) in [5.41, 5.74) is 1.57. The lowest BCUT2D eigenvalue weighted by Crippen LogP contribution is -2.30. The van der Waals surface area contributed by atoms with Gasteiger partial charge in [-0.25, -0.2) is 4.39 Å². The number of halogens is 1. The van der Waals surface area contributed by atoms with Gasteiger partial charge < -0.3 is 10.1 Å². The molecule has 0 aliphatic rings. The van der Waals surface area contributed by atoms with Gasteiger partial charge in [0, 0.05) is 4.88 Å². The molecule has 1 atom stereocenters. The van der Waals surface area contributed by atoms with E-state index in [2.05, 4.69) is 20.8 Å². The Labute approximate surface area is 186 Å². The maximum absolute atomic E-state index is 13.3. The van der Waals surface area contributed by atoms with Crippen LogP contribution in [0.5, 0.6) is 5.75 Å². The average Bonchev–Trinajstić information content (AvgIpc) is 3.49. The van der Waals surface area contributed by atoms with Crippen molar-refractivity contribution in [3.8, 4) is 11.4 Å². The molecule has 0 spiro atoms. The van der Waals surface area contributed by atoms with Gasteiger partial charge in [0.1, 0.15) is 11.6 Å². The fraction of sp³-hybridized carbons (Fsp3) is 0.143. The number of carbonyl (C=O) groups is 1. The standard InChI is InChI=1S/C21H18FN5O2S2/c1-29-17-10-8-16(9-11-17)27-21(24-25-26-27)31-13-19(28)23-20(18-3-2-12-30-18)14-4-6-15(22)7-5-14/h2-12,20H,13H2,1H3,(H,23,28). The maximum Gasteiger partial charge on any atom is 0.231 e. The molecule has 0 aliphatic carbocycles. The van der Waals surface area contributed by atoms with Crippen molar-refractivity contribution in [1.82, 2.24) is 25.5 Å². The number of thioether (sulfide) groups is 1. The van der Waals surface area contributed by atoms with E-state index in [1.165, 1.54) is 35.2 Å². The number of benzene rings is 2. The van der Waals surface area contributed by atoms with Crippen LogP contribution in [-0.4, -0.2) is 39.0 Å². The summed E-state index contributed by atoms with van der Waals surface area (Å²) in [7, 11) is 1.60. The molecule has 0 saturated carbocycles. The number of hydrogen-bond acceptors (Lipinski definition) is 7. The number of nitrogens with one attached hydrogen (secondary N) is 1. The van der Waals surface area contributed by atoms with Crippen molar-refractivity contribution >= 4 is 29.0 Å². The Balaban J connectivity index is 1.45. The number of amides is 1. The van der Waals surface area contributed by atoms with Crippen LogP contribution in [-0.2, 0) is 4.79 Å². The topological polar surface area (TPSA) is 81.9 Å². The fourth-order valence-corrected chi connectivity index (χ4v) is 4.42. The molecule has 0 aliphatic heterocycles. The minimum atomic E-state index is -0.355. The summed E-state index contributed by atoms with van der Waals surface area (Å²) in [5.74, 6) is 0.350. The molecule has 0 bridgehead atoms. The van der Waals surface area contributed by atoms with Gasteiger partial charge in [-0.3, -0.25) is 4.79 Å². The third kappa shape index (κ3) is 5.09. The van der Waals surface area contributed by atoms with Crippen molar-refractivity contribution < 1.29 is 13.9 Å². The van der Waals surface area contributed by atoms with Crippen molar-refractivity contribution in [3.05, 3.63) is 82.3 Å². The van der Waals surface area contributed by atoms with E-state index in [4.69, 9.17) is 4.74 Å². The molecule has 2 heterocycles. The van der Waals surface area contributed by atoms with Gasteiger partial charge in [-0.1, -0.05) is 30.0 Å². The number of rotatable bonds is 8. The van der Waals surface area contributed by atoms with E-state index in [0.29, 0.717) is 5.16 Å². The highest BCUT2D eigenvalue weighted by Gasteiger charge is 2.19. The summed E-state index contributed by atoms with van der Waals surface area (Å²) < 4.78 is 20.1. The van der Waals surface area contributed by atoms with Crippen LogP contribution in [0.15, 0.2) is 71.2 Å². The molecule has 0 saturated heterocycles. The SMILES string of the molecule is COc1ccc(-n2nnnc2SCC(=O)NC(c2ccc(F)cc2)c2cccs2)cc1. The fourth-order valence-electron chi connectivity index (χ4n) is 2.92. The minimum Gasteiger partial charge on any atom is -0.497 e. The van der Waals surface area contributed by atoms with E-state index >= 15 is 0 Å². The van der Waals surface area contributed by atoms with Crippen LogP contribution in [0.25, 0.3) is 5.69 Å². The highest BCUT2D eigenvalue weighted by atomic mass is 32.2. The van der Waals surface area contributed by atoms with Gasteiger partial charge in [-0.05, 0) is 63.8 Å². The second-order valence-corrected chi connectivity index (χ2v) is 8.35. The Morgan fingerprint density at radius 1 is 1.19 bits per heavy atom. The maximum atomic E-state index is 13.3. The number of aromatic nitrogens is 4. The van der Waals surface area contributed by atoms with E-state index in [1.807, 2.05) is 41.8 Å². The number of carbonyl (C=O) groups excluding carboxylic acids is 1. The Morgan fingerprint density at radius 3 is 2.65 bits per heavy atom. The van der Waals surface area contributed by atoms with Crippen LogP contribution >= 0.6 is 23.1 Å². The van der Waals surface area contributed by atoms with Crippen molar-refractivity contribution in [2.75, 3.05) is 12.9 Å². The van der Waals surface area contributed by atoms with E-state index in [0.717, 1.165) is 21.9 Å². The number of ether oxygens (including phenoxy) is 1. The zero-order valence-electron chi connectivity index (χ0n) is 16.4. The summed E-state index contributed by atoms with van der Waals surface area (Å²) in [6.07, 6.45) is 0. The summed E-state index contributed by atoms with van der Waals surface area (Å²) in [4.78, 5) is 13.7. The predicted molar refractivity (Wildman–Crippen MR) is 117 cm³/mol. The number of tetrazole rings is 1. The zero-order valence-corrected chi connectivity index (χ0v) is 18.1. The Bertz CT molecular complexity index is 1130. The Kier molecular flexibility index (Phi) is 6.58. The van der Waals surface area contributed by atoms with E-state index in [1.54, 1.807) is 23.9 Å². The molecular weight excluding hydrogens is 437 g/mol. The number of methoxy groups -OCH3 is 1. The first-order valence-corrected chi connectivity index (χ1v) is 11.1. The molecule has 10 heteroatoms. The molecule has 1 amide bonds. The molecule has 1 unspecified atom stereocenters. The second-order valence-electron chi connectivity index (χ2n) is 6.43. The van der Waals surface area contributed by atoms with Crippen LogP contribution in [0.3, 0.4) is 0 Å². The largest absolute Gasteiger partial charge is 0.497 e. The number of nitrogens with zero attached hydrogens (tertiary/aromatic N) is 4. The van der Waals surface area contributed by atoms with Crippen LogP contribution < -0.4 is 10.1 Å². The quantitative estimate of drug-likeness (QED) is 0.406. The lowest BCUT2D eigenvalue weighted by Gasteiger charge is -2.18. The van der Waals surface area contributed by atoms with Crippen LogP contribution in [0.4, 0.5) is 4.39 Å². The first-order valence-electron chi connectivity index (χ1n) is 9.28. The second kappa shape index (κ2) is 9.71. The van der Waals surface area contributed by atoms with Crippen LogP contribution in [0.1, 0.15) is 16.5 Å². The van der Waals surface area contributed by atoms with Crippen molar-refractivity contribution in [2.24, 2.45) is 0 Å². The lowest BCUT2D eigenvalue weighted by atomic mass is 10.1. The summed E-state index contributed by atoms with van der Waals surface area (Å²) >= 11 is 2.76. The third-order valence-electron chi connectivity index (χ3n) is 4.43. The minimum absolute atomic E-state index is 0.125. The van der Waals surface area contributed by atoms with Crippen molar-refractivity contribution in [3.63, 3.8) is 0 Å². The smallest absolute Gasteiger partial charge is 0.231 e. The molecule has 31 heavy (non-hydrogen) atoms. The van der Waals surface area contributed by atoms with Crippen molar-refractivity contribution in [1.29, 1.82) is 0 Å². The molecule has 7 nitrogen and oxygen atoms in total. The van der Waals surface area contributed by atoms with Crippen LogP contribution in [0, 0.1) is 5.82 Å². The zero-order chi connectivity index (χ0) is 21.6. The molecular formula is C21H18FN5O2S2. The van der Waals surface area contributed by atoms with Crippen molar-refractivity contribution in [2.45, 2.75) is 11.2 Å². The van der Waals surface area contributed by atoms with Gasteiger partial charge in [0.05, 0.1) is 24.6 Å². The molecule has 2 aromatic heterocycles. The van der Waals surface area contributed by atoms with Crippen LogP contribution in [0.2, 0.25) is 0 Å². The number of hydrogen-bond donors (Lipinski definition) is 1. The lowest BCUT2D eigenvalue weighted by molar-refractivity contribution is -0.119. The van der Waals surface area contributed by atoms with Gasteiger partial charge in [0.25, 0.3) is 0 Å². The van der Waals surface area contributed by atoms with Gasteiger partial charge >= 0.3 is 0 Å². The third-order valence-corrected chi connectivity index (χ3v) is 6.28. The molecule has 0 fully saturated rings. The highest BCUT2D eigenvalue weighted by molar-refractivity contribution is 7.99. The summed E-state index contributed by atoms with van der Waals surface area (Å²) in [6, 6.07) is 16.9. The van der Waals surface area contributed by atoms with E-state index < -0.39 is 0 Å². The Morgan fingerprint density at radius 2 is 1.97 bits per heavy atom. The molecule has 0 radical (unpaired) electrons. The molecule has 158 valence electrons. The summed E-state index contributed by atoms with van der Waals surface area (Å²) in [6.45, 7) is 0. The van der Waals surface area contributed by atoms with Gasteiger partial charge in [0.2, 0.25) is 11.1 Å². The molecule has 2 aromatic carbocycles. The predicted octanol–water partition coefficient (Wildman–Crippen LogP) is 3.87. The van der Waals surface area contributed by atoms with Gasteiger partial charge in [-0.15, -0.1) is 16.4 Å². The van der Waals surface area contributed by atoms with Gasteiger partial charge in [0.15, 0.2) is 0 Å². The Hall–Kier alpha value is -3.24. The monoisotopic (exact) mass is 455 g/mol. The summed E-state index contributed by atoms with van der Waals surface area (Å²) in [5, 5.41) is 17.2. The first-order chi connectivity index (χ1) is 15.1. The highest BCUT2D eigenvalue weighted by Crippen LogP contribution is 2.27. The first kappa shape index (κ1) is 21.0. The van der Waals surface area contributed by atoms with E-state index in [9.17, 15) is 9.18 Å². The average molecular weight is 456 g/mol. The number of thiophene rings is 1. The van der Waals surface area contributed by atoms with E-state index in [-0.39, 0.29) is 23.5 Å².